The summed E-state index contributed by atoms with van der Waals surface area (Å²) in [6.07, 6.45) is 4.20. The third-order valence-electron chi connectivity index (χ3n) is 3.60. The van der Waals surface area contributed by atoms with Crippen molar-refractivity contribution in [1.82, 2.24) is 0 Å². The van der Waals surface area contributed by atoms with E-state index in [1.807, 2.05) is 13.0 Å². The average molecular weight is 292 g/mol. The van der Waals surface area contributed by atoms with Gasteiger partial charge in [-0.05, 0) is 30.5 Å². The van der Waals surface area contributed by atoms with Gasteiger partial charge in [0.05, 0.1) is 13.4 Å². The van der Waals surface area contributed by atoms with Crippen molar-refractivity contribution in [1.29, 1.82) is 0 Å². The van der Waals surface area contributed by atoms with Crippen LogP contribution in [-0.4, -0.2) is 27.0 Å². The molecule has 0 saturated carbocycles. The highest BCUT2D eigenvalue weighted by Gasteiger charge is 2.31. The predicted molar refractivity (Wildman–Crippen MR) is 78.2 cm³/mol. The van der Waals surface area contributed by atoms with E-state index in [2.05, 4.69) is 6.92 Å². The van der Waals surface area contributed by atoms with E-state index in [0.29, 0.717) is 17.9 Å². The van der Waals surface area contributed by atoms with Gasteiger partial charge in [-0.15, -0.1) is 0 Å². The fourth-order valence-electron chi connectivity index (χ4n) is 2.62. The van der Waals surface area contributed by atoms with E-state index in [9.17, 15) is 4.79 Å². The molecular weight excluding hydrogens is 272 g/mol. The van der Waals surface area contributed by atoms with Crippen LogP contribution >= 0.6 is 0 Å². The smallest absolute Gasteiger partial charge is 0.342 e. The molecule has 0 atom stereocenters. The number of rotatable bonds is 6. The Bertz CT molecular complexity index is 575. The quantitative estimate of drug-likeness (QED) is 0.458. The number of fused-ring (bicyclic) bond motifs is 1. The van der Waals surface area contributed by atoms with Crippen molar-refractivity contribution in [3.63, 3.8) is 0 Å². The number of esters is 1. The topological polar surface area (TPSA) is 54.0 Å². The molecule has 0 aliphatic carbocycles. The molecule has 0 radical (unpaired) electrons. The van der Waals surface area contributed by atoms with Gasteiger partial charge in [0.2, 0.25) is 0 Å². The van der Waals surface area contributed by atoms with E-state index in [-0.39, 0.29) is 12.8 Å². The molecule has 0 spiro atoms. The van der Waals surface area contributed by atoms with Gasteiger partial charge in [-0.25, -0.2) is 4.79 Å². The normalized spacial score (nSPS) is 13.4. The van der Waals surface area contributed by atoms with Crippen LogP contribution in [0.1, 0.15) is 39.5 Å². The SMILES string of the molecule is CCc1c(C)c2c(c(OCOC)c1/C=C\OC)C(=O)OC2. The summed E-state index contributed by atoms with van der Waals surface area (Å²) in [5, 5.41) is 0. The number of benzene rings is 1. The molecule has 0 N–H and O–H groups in total. The number of ether oxygens (including phenoxy) is 4. The maximum atomic E-state index is 12.0. The van der Waals surface area contributed by atoms with Crippen LogP contribution in [0.15, 0.2) is 6.26 Å². The van der Waals surface area contributed by atoms with E-state index >= 15 is 0 Å². The summed E-state index contributed by atoms with van der Waals surface area (Å²) in [7, 11) is 3.12. The van der Waals surface area contributed by atoms with Crippen molar-refractivity contribution < 1.29 is 23.7 Å². The Morgan fingerprint density at radius 1 is 1.33 bits per heavy atom. The van der Waals surface area contributed by atoms with Crippen molar-refractivity contribution in [3.05, 3.63) is 34.1 Å². The summed E-state index contributed by atoms with van der Waals surface area (Å²) < 4.78 is 20.8. The molecule has 114 valence electrons. The van der Waals surface area contributed by atoms with Crippen LogP contribution < -0.4 is 4.74 Å². The molecule has 1 heterocycles. The Hall–Kier alpha value is -2.01. The summed E-state index contributed by atoms with van der Waals surface area (Å²) in [5.74, 6) is 0.152. The Balaban J connectivity index is 2.69. The number of hydrogen-bond donors (Lipinski definition) is 0. The summed E-state index contributed by atoms with van der Waals surface area (Å²) >= 11 is 0. The van der Waals surface area contributed by atoms with Crippen LogP contribution in [0.2, 0.25) is 0 Å². The Morgan fingerprint density at radius 3 is 2.71 bits per heavy atom. The predicted octanol–water partition coefficient (Wildman–Crippen LogP) is 2.83. The monoisotopic (exact) mass is 292 g/mol. The molecule has 1 aromatic carbocycles. The lowest BCUT2D eigenvalue weighted by atomic mass is 9.90. The second-order valence-corrected chi connectivity index (χ2v) is 4.72. The molecule has 0 aromatic heterocycles. The van der Waals surface area contributed by atoms with Crippen molar-refractivity contribution in [3.8, 4) is 5.75 Å². The summed E-state index contributed by atoms with van der Waals surface area (Å²) in [6, 6.07) is 0. The van der Waals surface area contributed by atoms with E-state index < -0.39 is 0 Å². The average Bonchev–Trinajstić information content (AvgIpc) is 2.87. The largest absolute Gasteiger partial charge is 0.504 e. The van der Waals surface area contributed by atoms with Crippen LogP contribution in [0.3, 0.4) is 0 Å². The van der Waals surface area contributed by atoms with Gasteiger partial charge >= 0.3 is 5.97 Å². The van der Waals surface area contributed by atoms with Gasteiger partial charge in [-0.3, -0.25) is 0 Å². The molecule has 2 rings (SSSR count). The molecule has 0 saturated heterocycles. The van der Waals surface area contributed by atoms with Gasteiger partial charge in [0.1, 0.15) is 17.9 Å². The molecular formula is C16H20O5. The third-order valence-corrected chi connectivity index (χ3v) is 3.60. The first-order valence-corrected chi connectivity index (χ1v) is 6.82. The van der Waals surface area contributed by atoms with Gasteiger partial charge in [-0.2, -0.15) is 0 Å². The minimum absolute atomic E-state index is 0.0692. The lowest BCUT2D eigenvalue weighted by molar-refractivity contribution is 0.0458. The number of hydrogen-bond acceptors (Lipinski definition) is 5. The molecule has 1 aliphatic heterocycles. The second kappa shape index (κ2) is 6.63. The standard InChI is InChI=1S/C16H20O5/c1-5-11-10(2)13-8-20-16(17)14(13)15(21-9-19-4)12(11)6-7-18-3/h6-7H,5,8-9H2,1-4H3/b7-6-. The van der Waals surface area contributed by atoms with Crippen molar-refractivity contribution in [2.45, 2.75) is 26.9 Å². The molecule has 0 amide bonds. The molecule has 21 heavy (non-hydrogen) atoms. The zero-order valence-corrected chi connectivity index (χ0v) is 12.8. The highest BCUT2D eigenvalue weighted by atomic mass is 16.7. The van der Waals surface area contributed by atoms with Gasteiger partial charge in [0.15, 0.2) is 6.79 Å². The number of methoxy groups -OCH3 is 2. The fraction of sp³-hybridized carbons (Fsp3) is 0.438. The molecule has 1 aliphatic rings. The Kier molecular flexibility index (Phi) is 4.85. The summed E-state index contributed by atoms with van der Waals surface area (Å²) in [4.78, 5) is 12.0. The zero-order valence-electron chi connectivity index (χ0n) is 12.8. The maximum Gasteiger partial charge on any atom is 0.342 e. The highest BCUT2D eigenvalue weighted by molar-refractivity contribution is 5.98. The number of carbonyl (C=O) groups excluding carboxylic acids is 1. The van der Waals surface area contributed by atoms with Crippen LogP contribution in [0.25, 0.3) is 6.08 Å². The fourth-order valence-corrected chi connectivity index (χ4v) is 2.62. The Morgan fingerprint density at radius 2 is 2.10 bits per heavy atom. The lowest BCUT2D eigenvalue weighted by Crippen LogP contribution is -2.09. The molecule has 0 unspecified atom stereocenters. The number of carbonyl (C=O) groups is 1. The first-order chi connectivity index (χ1) is 10.2. The van der Waals surface area contributed by atoms with Crippen LogP contribution in [0.4, 0.5) is 0 Å². The van der Waals surface area contributed by atoms with Crippen molar-refractivity contribution >= 4 is 12.0 Å². The van der Waals surface area contributed by atoms with Gasteiger partial charge in [0.25, 0.3) is 0 Å². The van der Waals surface area contributed by atoms with Crippen LogP contribution in [-0.2, 0) is 27.2 Å². The molecule has 0 fully saturated rings. The van der Waals surface area contributed by atoms with E-state index in [0.717, 1.165) is 28.7 Å². The molecule has 0 bridgehead atoms. The molecule has 5 nitrogen and oxygen atoms in total. The van der Waals surface area contributed by atoms with Crippen LogP contribution in [0.5, 0.6) is 5.75 Å². The van der Waals surface area contributed by atoms with E-state index in [4.69, 9.17) is 18.9 Å². The highest BCUT2D eigenvalue weighted by Crippen LogP contribution is 2.39. The maximum absolute atomic E-state index is 12.0. The third kappa shape index (κ3) is 2.74. The van der Waals surface area contributed by atoms with Gasteiger partial charge in [-0.1, -0.05) is 6.92 Å². The first kappa shape index (κ1) is 15.4. The van der Waals surface area contributed by atoms with Gasteiger partial charge in [0, 0.05) is 18.2 Å². The van der Waals surface area contributed by atoms with Crippen molar-refractivity contribution in [2.24, 2.45) is 0 Å². The minimum atomic E-state index is -0.353. The zero-order chi connectivity index (χ0) is 15.4. The second-order valence-electron chi connectivity index (χ2n) is 4.72. The number of cyclic esters (lactones) is 1. The summed E-state index contributed by atoms with van der Waals surface area (Å²) in [5.41, 5.74) is 4.42. The van der Waals surface area contributed by atoms with E-state index in [1.165, 1.54) is 7.11 Å². The van der Waals surface area contributed by atoms with Crippen LogP contribution in [0, 0.1) is 6.92 Å². The lowest BCUT2D eigenvalue weighted by Gasteiger charge is -2.18. The van der Waals surface area contributed by atoms with E-state index in [1.54, 1.807) is 13.4 Å². The summed E-state index contributed by atoms with van der Waals surface area (Å²) in [6.45, 7) is 4.44. The Labute approximate surface area is 124 Å². The molecule has 1 aromatic rings. The molecule has 5 heteroatoms. The van der Waals surface area contributed by atoms with Gasteiger partial charge < -0.3 is 18.9 Å². The first-order valence-electron chi connectivity index (χ1n) is 6.82. The minimum Gasteiger partial charge on any atom is -0.504 e. The van der Waals surface area contributed by atoms with Crippen molar-refractivity contribution in [2.75, 3.05) is 21.0 Å².